The van der Waals surface area contributed by atoms with E-state index in [2.05, 4.69) is 10.3 Å². The number of carbonyl (C=O) groups excluding carboxylic acids is 1. The Kier molecular flexibility index (Phi) is 5.51. The average molecular weight is 297 g/mol. The Bertz CT molecular complexity index is 499. The Hall–Kier alpha value is -1.86. The number of nitrogen functional groups attached to an aromatic ring is 1. The van der Waals surface area contributed by atoms with Crippen molar-refractivity contribution in [1.29, 1.82) is 0 Å². The number of aryl methyl sites for hydroxylation is 1. The maximum absolute atomic E-state index is 11.5. The summed E-state index contributed by atoms with van der Waals surface area (Å²) in [5.74, 6) is 0. The number of nitrogens with zero attached hydrogens (tertiary/aromatic N) is 1. The molecule has 0 fully saturated rings. The largest absolute Gasteiger partial charge is 0.444 e. The number of ether oxygens (including phenoxy) is 1. The Morgan fingerprint density at radius 2 is 2.05 bits per heavy atom. The molecule has 1 rings (SSSR count). The predicted molar refractivity (Wildman–Crippen MR) is 78.6 cm³/mol. The monoisotopic (exact) mass is 297 g/mol. The third-order valence-corrected chi connectivity index (χ3v) is 2.67. The molecule has 118 valence electrons. The SMILES string of the molecule is Cc1nc(C(O)C(O)CNC(=O)OC(C)(C)C)ccc1N. The quantitative estimate of drug-likeness (QED) is 0.655. The van der Waals surface area contributed by atoms with Crippen LogP contribution in [0.5, 0.6) is 0 Å². The van der Waals surface area contributed by atoms with Crippen LogP contribution in [0.1, 0.15) is 38.3 Å². The number of nitrogens with two attached hydrogens (primary N) is 1. The van der Waals surface area contributed by atoms with E-state index in [1.807, 2.05) is 0 Å². The molecule has 1 aromatic rings. The van der Waals surface area contributed by atoms with Crippen LogP contribution in [0.3, 0.4) is 0 Å². The summed E-state index contributed by atoms with van der Waals surface area (Å²) in [6.07, 6.45) is -3.08. The van der Waals surface area contributed by atoms with Crippen LogP contribution in [-0.4, -0.2) is 39.5 Å². The maximum Gasteiger partial charge on any atom is 0.407 e. The fourth-order valence-electron chi connectivity index (χ4n) is 1.57. The molecule has 0 saturated carbocycles. The molecule has 0 spiro atoms. The molecule has 7 heteroatoms. The summed E-state index contributed by atoms with van der Waals surface area (Å²) >= 11 is 0. The van der Waals surface area contributed by atoms with Crippen LogP contribution in [0, 0.1) is 6.92 Å². The molecular formula is C14H23N3O4. The van der Waals surface area contributed by atoms with Crippen LogP contribution >= 0.6 is 0 Å². The number of aliphatic hydroxyl groups is 2. The molecule has 1 heterocycles. The summed E-state index contributed by atoms with van der Waals surface area (Å²) in [6.45, 7) is 6.76. The molecule has 5 N–H and O–H groups in total. The first kappa shape index (κ1) is 17.2. The van der Waals surface area contributed by atoms with Gasteiger partial charge in [-0.3, -0.25) is 4.98 Å². The topological polar surface area (TPSA) is 118 Å². The standard InChI is InChI=1S/C14H23N3O4/c1-8-9(15)5-6-10(17-8)12(19)11(18)7-16-13(20)21-14(2,3)4/h5-6,11-12,18-19H,7,15H2,1-4H3,(H,16,20). The van der Waals surface area contributed by atoms with Crippen LogP contribution in [0.15, 0.2) is 12.1 Å². The Labute approximate surface area is 124 Å². The summed E-state index contributed by atoms with van der Waals surface area (Å²) in [5.41, 5.74) is 6.39. The van der Waals surface area contributed by atoms with Crippen molar-refractivity contribution in [3.8, 4) is 0 Å². The molecule has 0 saturated heterocycles. The summed E-state index contributed by atoms with van der Waals surface area (Å²) in [6, 6.07) is 3.14. The first-order chi connectivity index (χ1) is 9.60. The number of anilines is 1. The number of amides is 1. The van der Waals surface area contributed by atoms with Gasteiger partial charge in [-0.05, 0) is 39.8 Å². The molecule has 7 nitrogen and oxygen atoms in total. The minimum absolute atomic E-state index is 0.152. The number of aliphatic hydroxyl groups excluding tert-OH is 2. The highest BCUT2D eigenvalue weighted by Gasteiger charge is 2.22. The molecular weight excluding hydrogens is 274 g/mol. The van der Waals surface area contributed by atoms with Crippen molar-refractivity contribution in [2.75, 3.05) is 12.3 Å². The van der Waals surface area contributed by atoms with Crippen molar-refractivity contribution in [1.82, 2.24) is 10.3 Å². The molecule has 0 aliphatic rings. The zero-order chi connectivity index (χ0) is 16.2. The van der Waals surface area contributed by atoms with Crippen molar-refractivity contribution in [3.05, 3.63) is 23.5 Å². The van der Waals surface area contributed by atoms with E-state index < -0.39 is 23.9 Å². The van der Waals surface area contributed by atoms with Gasteiger partial charge in [-0.25, -0.2) is 4.79 Å². The number of aromatic nitrogens is 1. The van der Waals surface area contributed by atoms with Gasteiger partial charge in [0.15, 0.2) is 0 Å². The van der Waals surface area contributed by atoms with Gasteiger partial charge in [0.1, 0.15) is 17.8 Å². The molecule has 0 bridgehead atoms. The molecule has 0 aliphatic heterocycles. The van der Waals surface area contributed by atoms with Gasteiger partial charge in [0, 0.05) is 6.54 Å². The zero-order valence-electron chi connectivity index (χ0n) is 12.8. The van der Waals surface area contributed by atoms with Crippen LogP contribution in [0.4, 0.5) is 10.5 Å². The van der Waals surface area contributed by atoms with E-state index in [1.54, 1.807) is 33.8 Å². The van der Waals surface area contributed by atoms with E-state index in [0.29, 0.717) is 17.1 Å². The van der Waals surface area contributed by atoms with Gasteiger partial charge in [-0.1, -0.05) is 0 Å². The number of nitrogens with one attached hydrogen (secondary N) is 1. The van der Waals surface area contributed by atoms with E-state index in [0.717, 1.165) is 0 Å². The number of carbonyl (C=O) groups is 1. The van der Waals surface area contributed by atoms with Crippen molar-refractivity contribution < 1.29 is 19.7 Å². The van der Waals surface area contributed by atoms with Crippen LogP contribution in [-0.2, 0) is 4.74 Å². The molecule has 1 aromatic heterocycles. The molecule has 0 aliphatic carbocycles. The highest BCUT2D eigenvalue weighted by Crippen LogP contribution is 2.17. The van der Waals surface area contributed by atoms with Crippen molar-refractivity contribution in [2.24, 2.45) is 0 Å². The number of rotatable bonds is 4. The lowest BCUT2D eigenvalue weighted by molar-refractivity contribution is 0.0108. The lowest BCUT2D eigenvalue weighted by Gasteiger charge is -2.22. The highest BCUT2D eigenvalue weighted by atomic mass is 16.6. The third kappa shape index (κ3) is 5.57. The normalized spacial score (nSPS) is 14.4. The first-order valence-electron chi connectivity index (χ1n) is 6.66. The fraction of sp³-hybridized carbons (Fsp3) is 0.571. The minimum Gasteiger partial charge on any atom is -0.444 e. The summed E-state index contributed by atoms with van der Waals surface area (Å²) in [4.78, 5) is 15.6. The van der Waals surface area contributed by atoms with Gasteiger partial charge >= 0.3 is 6.09 Å². The Morgan fingerprint density at radius 3 is 2.57 bits per heavy atom. The Morgan fingerprint density at radius 1 is 1.43 bits per heavy atom. The van der Waals surface area contributed by atoms with Crippen molar-refractivity contribution in [2.45, 2.75) is 45.5 Å². The second kappa shape index (κ2) is 6.73. The maximum atomic E-state index is 11.5. The molecule has 1 amide bonds. The number of hydrogen-bond acceptors (Lipinski definition) is 6. The van der Waals surface area contributed by atoms with Gasteiger partial charge in [0.05, 0.1) is 17.1 Å². The highest BCUT2D eigenvalue weighted by molar-refractivity contribution is 5.67. The summed E-state index contributed by atoms with van der Waals surface area (Å²) in [5, 5.41) is 22.3. The van der Waals surface area contributed by atoms with Gasteiger partial charge in [-0.15, -0.1) is 0 Å². The minimum atomic E-state index is -1.22. The molecule has 21 heavy (non-hydrogen) atoms. The number of alkyl carbamates (subject to hydrolysis) is 1. The lowest BCUT2D eigenvalue weighted by Crippen LogP contribution is -2.39. The first-order valence-corrected chi connectivity index (χ1v) is 6.66. The smallest absolute Gasteiger partial charge is 0.407 e. The average Bonchev–Trinajstić information content (AvgIpc) is 2.36. The molecule has 0 aromatic carbocycles. The zero-order valence-corrected chi connectivity index (χ0v) is 12.8. The molecule has 2 atom stereocenters. The van der Waals surface area contributed by atoms with E-state index in [1.165, 1.54) is 6.07 Å². The number of hydrogen-bond donors (Lipinski definition) is 4. The third-order valence-electron chi connectivity index (χ3n) is 2.67. The number of pyridine rings is 1. The van der Waals surface area contributed by atoms with Crippen LogP contribution in [0.25, 0.3) is 0 Å². The van der Waals surface area contributed by atoms with E-state index >= 15 is 0 Å². The molecule has 0 radical (unpaired) electrons. The fourth-order valence-corrected chi connectivity index (χ4v) is 1.57. The van der Waals surface area contributed by atoms with E-state index in [-0.39, 0.29) is 6.54 Å². The van der Waals surface area contributed by atoms with Gasteiger partial charge in [0.2, 0.25) is 0 Å². The Balaban J connectivity index is 2.56. The summed E-state index contributed by atoms with van der Waals surface area (Å²) < 4.78 is 5.03. The van der Waals surface area contributed by atoms with E-state index in [4.69, 9.17) is 10.5 Å². The van der Waals surface area contributed by atoms with Gasteiger partial charge in [-0.2, -0.15) is 0 Å². The second-order valence-corrected chi connectivity index (χ2v) is 5.81. The van der Waals surface area contributed by atoms with Crippen LogP contribution in [0.2, 0.25) is 0 Å². The lowest BCUT2D eigenvalue weighted by atomic mass is 10.1. The van der Waals surface area contributed by atoms with Gasteiger partial charge in [0.25, 0.3) is 0 Å². The second-order valence-electron chi connectivity index (χ2n) is 5.81. The summed E-state index contributed by atoms with van der Waals surface area (Å²) in [7, 11) is 0. The van der Waals surface area contributed by atoms with Crippen LogP contribution < -0.4 is 11.1 Å². The van der Waals surface area contributed by atoms with E-state index in [9.17, 15) is 15.0 Å². The molecule has 2 unspecified atom stereocenters. The van der Waals surface area contributed by atoms with Crippen molar-refractivity contribution >= 4 is 11.8 Å². The predicted octanol–water partition coefficient (Wildman–Crippen LogP) is 0.891. The van der Waals surface area contributed by atoms with Crippen molar-refractivity contribution in [3.63, 3.8) is 0 Å². The van der Waals surface area contributed by atoms with Gasteiger partial charge < -0.3 is 26.0 Å².